The molecule has 11 heteroatoms. The number of nitro groups is 1. The second-order valence-electron chi connectivity index (χ2n) is 11.6. The van der Waals surface area contributed by atoms with Crippen molar-refractivity contribution in [1.82, 2.24) is 14.9 Å². The predicted octanol–water partition coefficient (Wildman–Crippen LogP) is 7.47. The minimum Gasteiger partial charge on any atom is -0.494 e. The molecule has 2 aromatic carbocycles. The number of anilines is 2. The van der Waals surface area contributed by atoms with E-state index in [1.165, 1.54) is 19.2 Å². The van der Waals surface area contributed by atoms with Crippen LogP contribution in [0.15, 0.2) is 66.9 Å². The number of nitrogens with one attached hydrogen (secondary N) is 1. The van der Waals surface area contributed by atoms with Crippen molar-refractivity contribution in [2.24, 2.45) is 5.92 Å². The molecule has 4 aromatic rings. The van der Waals surface area contributed by atoms with E-state index in [0.717, 1.165) is 71.6 Å². The zero-order valence-corrected chi connectivity index (χ0v) is 26.7. The molecular formula is C33H35ClN6O3S. The van der Waals surface area contributed by atoms with Crippen LogP contribution in [0.3, 0.4) is 0 Å². The number of aromatic nitrogens is 2. The number of halogens is 1. The van der Waals surface area contributed by atoms with Crippen LogP contribution in [0.5, 0.6) is 5.75 Å². The van der Waals surface area contributed by atoms with E-state index in [-0.39, 0.29) is 17.8 Å². The summed E-state index contributed by atoms with van der Waals surface area (Å²) in [7, 11) is 1.52. The molecule has 2 fully saturated rings. The number of pyridine rings is 1. The number of thiocarbonyl (C=S) groups is 1. The van der Waals surface area contributed by atoms with E-state index >= 15 is 0 Å². The maximum atomic E-state index is 11.4. The highest BCUT2D eigenvalue weighted by Gasteiger charge is 2.42. The van der Waals surface area contributed by atoms with E-state index in [1.54, 1.807) is 12.3 Å². The van der Waals surface area contributed by atoms with Crippen LogP contribution in [0.4, 0.5) is 17.1 Å². The third-order valence-corrected chi connectivity index (χ3v) is 9.45. The molecular weight excluding hydrogens is 596 g/mol. The number of nitro benzene ring substituents is 1. The third kappa shape index (κ3) is 5.37. The summed E-state index contributed by atoms with van der Waals surface area (Å²) >= 11 is 13.0. The molecule has 0 spiro atoms. The predicted molar refractivity (Wildman–Crippen MR) is 178 cm³/mol. The normalized spacial score (nSPS) is 18.9. The summed E-state index contributed by atoms with van der Waals surface area (Å²) in [5.74, 6) is 1.15. The fourth-order valence-electron chi connectivity index (χ4n) is 6.52. The van der Waals surface area contributed by atoms with Crippen LogP contribution in [0.2, 0.25) is 5.02 Å². The molecule has 9 nitrogen and oxygen atoms in total. The Labute approximate surface area is 267 Å². The topological polar surface area (TPSA) is 88.7 Å². The summed E-state index contributed by atoms with van der Waals surface area (Å²) in [5.41, 5.74) is 6.44. The molecule has 0 aliphatic carbocycles. The number of benzene rings is 2. The Morgan fingerprint density at radius 2 is 1.82 bits per heavy atom. The lowest BCUT2D eigenvalue weighted by atomic mass is 9.96. The fraction of sp³-hybridized carbons (Fsp3) is 0.333. The zero-order chi connectivity index (χ0) is 31.1. The molecule has 0 amide bonds. The molecule has 4 heterocycles. The number of aryl methyl sites for hydroxylation is 1. The molecule has 2 aliphatic rings. The Morgan fingerprint density at radius 1 is 1.07 bits per heavy atom. The lowest BCUT2D eigenvalue weighted by Crippen LogP contribution is -2.33. The van der Waals surface area contributed by atoms with Crippen LogP contribution in [-0.2, 0) is 0 Å². The quantitative estimate of drug-likeness (QED) is 0.128. The highest BCUT2D eigenvalue weighted by atomic mass is 35.5. The van der Waals surface area contributed by atoms with Crippen molar-refractivity contribution in [3.8, 4) is 11.4 Å². The van der Waals surface area contributed by atoms with Crippen molar-refractivity contribution in [2.75, 3.05) is 30.0 Å². The lowest BCUT2D eigenvalue weighted by molar-refractivity contribution is -0.384. The van der Waals surface area contributed by atoms with Gasteiger partial charge >= 0.3 is 0 Å². The van der Waals surface area contributed by atoms with Crippen molar-refractivity contribution >= 4 is 46.0 Å². The van der Waals surface area contributed by atoms with Gasteiger partial charge in [-0.3, -0.25) is 15.1 Å². The van der Waals surface area contributed by atoms with Gasteiger partial charge < -0.3 is 24.4 Å². The smallest absolute Gasteiger partial charge is 0.273 e. The van der Waals surface area contributed by atoms with E-state index in [2.05, 4.69) is 44.8 Å². The van der Waals surface area contributed by atoms with Crippen molar-refractivity contribution in [3.05, 3.63) is 105 Å². The SMILES string of the molecule is COc1cc([N+](=O)[O-])ccc1-n1c(C)cc([C@@H]2[C@@H](c3ccccn3)NC(=S)N2c2ccc(N3CCC(C)CC3)c(Cl)c2)c1C. The Morgan fingerprint density at radius 3 is 2.48 bits per heavy atom. The summed E-state index contributed by atoms with van der Waals surface area (Å²) in [5, 5.41) is 16.3. The maximum Gasteiger partial charge on any atom is 0.273 e. The molecule has 2 aliphatic heterocycles. The van der Waals surface area contributed by atoms with Gasteiger partial charge in [0.15, 0.2) is 5.11 Å². The second kappa shape index (κ2) is 12.1. The minimum atomic E-state index is -0.421. The van der Waals surface area contributed by atoms with Gasteiger partial charge in [-0.15, -0.1) is 0 Å². The Bertz CT molecular complexity index is 1720. The average Bonchev–Trinajstić information content (AvgIpc) is 3.52. The lowest BCUT2D eigenvalue weighted by Gasteiger charge is -2.33. The van der Waals surface area contributed by atoms with Gasteiger partial charge in [0.2, 0.25) is 0 Å². The van der Waals surface area contributed by atoms with Crippen LogP contribution in [0.25, 0.3) is 5.69 Å². The number of nitrogens with zero attached hydrogens (tertiary/aromatic N) is 5. The number of non-ortho nitro benzene ring substituents is 1. The van der Waals surface area contributed by atoms with Crippen molar-refractivity contribution in [2.45, 2.75) is 45.7 Å². The molecule has 2 saturated heterocycles. The standard InChI is InChI=1S/C33H35ClN6O3S/c1-20-12-15-37(16-13-20)28-10-8-23(18-26(28)34)39-32(31(36-33(39)44)27-7-5-6-14-35-27)25-17-21(2)38(22(25)3)29-11-9-24(40(41)42)19-30(29)43-4/h5-11,14,17-20,31-32H,12-13,15-16H2,1-4H3,(H,36,44)/t31-,32-/m1/s1. The largest absolute Gasteiger partial charge is 0.494 e. The second-order valence-corrected chi connectivity index (χ2v) is 12.4. The van der Waals surface area contributed by atoms with E-state index in [0.29, 0.717) is 15.9 Å². The van der Waals surface area contributed by atoms with E-state index in [9.17, 15) is 10.1 Å². The van der Waals surface area contributed by atoms with Crippen LogP contribution in [-0.4, -0.2) is 39.8 Å². The average molecular weight is 631 g/mol. The van der Waals surface area contributed by atoms with Crippen LogP contribution in [0.1, 0.15) is 54.5 Å². The first-order valence-corrected chi connectivity index (χ1v) is 15.5. The summed E-state index contributed by atoms with van der Waals surface area (Å²) in [6, 6.07) is 18.4. The zero-order valence-electron chi connectivity index (χ0n) is 25.2. The van der Waals surface area contributed by atoms with Gasteiger partial charge in [0, 0.05) is 42.4 Å². The Balaban J connectivity index is 1.45. The summed E-state index contributed by atoms with van der Waals surface area (Å²) in [6.45, 7) is 8.35. The molecule has 228 valence electrons. The Hall–Kier alpha value is -4.15. The van der Waals surface area contributed by atoms with Crippen molar-refractivity contribution < 1.29 is 9.66 Å². The number of piperidine rings is 1. The van der Waals surface area contributed by atoms with Crippen LogP contribution >= 0.6 is 23.8 Å². The summed E-state index contributed by atoms with van der Waals surface area (Å²) in [4.78, 5) is 20.2. The van der Waals surface area contributed by atoms with E-state index in [4.69, 9.17) is 33.5 Å². The van der Waals surface area contributed by atoms with E-state index in [1.807, 2.05) is 38.1 Å². The third-order valence-electron chi connectivity index (χ3n) is 8.84. The van der Waals surface area contributed by atoms with Crippen LogP contribution < -0.4 is 19.9 Å². The number of rotatable bonds is 7. The first-order chi connectivity index (χ1) is 21.2. The number of ether oxygens (including phenoxy) is 1. The first-order valence-electron chi connectivity index (χ1n) is 14.7. The van der Waals surface area contributed by atoms with E-state index < -0.39 is 4.92 Å². The molecule has 1 N–H and O–H groups in total. The summed E-state index contributed by atoms with van der Waals surface area (Å²) < 4.78 is 7.69. The number of hydrogen-bond donors (Lipinski definition) is 1. The molecule has 6 rings (SSSR count). The number of hydrogen-bond acceptors (Lipinski definition) is 6. The molecule has 2 atom stereocenters. The molecule has 0 bridgehead atoms. The van der Waals surface area contributed by atoms with Gasteiger partial charge in [0.05, 0.1) is 52.3 Å². The molecule has 0 radical (unpaired) electrons. The molecule has 44 heavy (non-hydrogen) atoms. The van der Waals surface area contributed by atoms with Gasteiger partial charge in [-0.05, 0) is 92.9 Å². The monoisotopic (exact) mass is 630 g/mol. The number of methoxy groups -OCH3 is 1. The summed E-state index contributed by atoms with van der Waals surface area (Å²) in [6.07, 6.45) is 4.10. The maximum absolute atomic E-state index is 11.4. The van der Waals surface area contributed by atoms with Gasteiger partial charge in [-0.25, -0.2) is 0 Å². The molecule has 0 unspecified atom stereocenters. The fourth-order valence-corrected chi connectivity index (χ4v) is 7.16. The van der Waals surface area contributed by atoms with Crippen molar-refractivity contribution in [1.29, 1.82) is 0 Å². The van der Waals surface area contributed by atoms with Crippen molar-refractivity contribution in [3.63, 3.8) is 0 Å². The minimum absolute atomic E-state index is 0.0283. The first kappa shape index (κ1) is 29.9. The molecule has 2 aromatic heterocycles. The van der Waals surface area contributed by atoms with Gasteiger partial charge in [-0.2, -0.15) is 0 Å². The highest BCUT2D eigenvalue weighted by molar-refractivity contribution is 7.80. The highest BCUT2D eigenvalue weighted by Crippen LogP contribution is 2.45. The van der Waals surface area contributed by atoms with Crippen LogP contribution in [0, 0.1) is 29.9 Å². The van der Waals surface area contributed by atoms with Gasteiger partial charge in [-0.1, -0.05) is 24.6 Å². The molecule has 0 saturated carbocycles. The van der Waals surface area contributed by atoms with Gasteiger partial charge in [0.1, 0.15) is 5.75 Å². The van der Waals surface area contributed by atoms with Gasteiger partial charge in [0.25, 0.3) is 5.69 Å². The Kier molecular flexibility index (Phi) is 8.22.